The summed E-state index contributed by atoms with van der Waals surface area (Å²) in [6.45, 7) is 0.107. The standard InChI is InChI=1S/C24H18ClFN2O4/c1-32-19-12-16(4-7-18(19)25)22(29)20-21(15-2-5-17(26)6-3-15)28(24(31)23(20)30)13-14-8-10-27-11-9-14/h2-12,21,29H,13H2,1H3/b22-20-. The highest BCUT2D eigenvalue weighted by Crippen LogP contribution is 2.41. The number of carbonyl (C=O) groups is 2. The number of Topliss-reactive ketones (excluding diaryl/α,β-unsaturated/α-hetero) is 1. The van der Waals surface area contributed by atoms with Gasteiger partial charge in [0.1, 0.15) is 17.3 Å². The van der Waals surface area contributed by atoms with E-state index in [1.807, 2.05) is 0 Å². The van der Waals surface area contributed by atoms with Crippen LogP contribution in [0.5, 0.6) is 5.75 Å². The molecule has 3 aromatic rings. The molecule has 0 saturated carbocycles. The second-order valence-corrected chi connectivity index (χ2v) is 7.59. The normalized spacial score (nSPS) is 17.6. The molecule has 0 spiro atoms. The Morgan fingerprint density at radius 2 is 1.81 bits per heavy atom. The van der Waals surface area contributed by atoms with Crippen molar-refractivity contribution in [3.8, 4) is 5.75 Å². The van der Waals surface area contributed by atoms with Gasteiger partial charge in [0, 0.05) is 24.5 Å². The Morgan fingerprint density at radius 3 is 2.47 bits per heavy atom. The third-order valence-electron chi connectivity index (χ3n) is 5.25. The van der Waals surface area contributed by atoms with E-state index in [1.165, 1.54) is 54.5 Å². The Hall–Kier alpha value is -3.71. The summed E-state index contributed by atoms with van der Waals surface area (Å²) in [4.78, 5) is 31.3. The number of benzene rings is 2. The third-order valence-corrected chi connectivity index (χ3v) is 5.56. The van der Waals surface area contributed by atoms with Gasteiger partial charge >= 0.3 is 0 Å². The summed E-state index contributed by atoms with van der Waals surface area (Å²) in [5, 5.41) is 11.4. The van der Waals surface area contributed by atoms with Crippen LogP contribution >= 0.6 is 11.6 Å². The number of hydrogen-bond acceptors (Lipinski definition) is 5. The monoisotopic (exact) mass is 452 g/mol. The second kappa shape index (κ2) is 8.80. The van der Waals surface area contributed by atoms with E-state index in [1.54, 1.807) is 24.5 Å². The van der Waals surface area contributed by atoms with Crippen molar-refractivity contribution in [3.63, 3.8) is 0 Å². The minimum atomic E-state index is -0.912. The highest BCUT2D eigenvalue weighted by Gasteiger charge is 2.46. The quantitative estimate of drug-likeness (QED) is 0.350. The number of likely N-dealkylation sites (tertiary alicyclic amines) is 1. The number of carbonyl (C=O) groups excluding carboxylic acids is 2. The van der Waals surface area contributed by atoms with Crippen LogP contribution in [0.15, 0.2) is 72.6 Å². The van der Waals surface area contributed by atoms with E-state index in [0.717, 1.165) is 5.56 Å². The molecule has 32 heavy (non-hydrogen) atoms. The first-order valence-corrected chi connectivity index (χ1v) is 10.0. The lowest BCUT2D eigenvalue weighted by Crippen LogP contribution is -2.29. The van der Waals surface area contributed by atoms with Crippen molar-refractivity contribution in [2.75, 3.05) is 7.11 Å². The highest BCUT2D eigenvalue weighted by atomic mass is 35.5. The minimum absolute atomic E-state index is 0.0972. The van der Waals surface area contributed by atoms with E-state index >= 15 is 0 Å². The van der Waals surface area contributed by atoms with Crippen LogP contribution in [0.25, 0.3) is 5.76 Å². The first-order chi connectivity index (χ1) is 15.4. The second-order valence-electron chi connectivity index (χ2n) is 7.18. The van der Waals surface area contributed by atoms with Crippen LogP contribution in [-0.2, 0) is 16.1 Å². The molecule has 0 aliphatic carbocycles. The molecule has 2 aromatic carbocycles. The van der Waals surface area contributed by atoms with Gasteiger partial charge in [0.25, 0.3) is 11.7 Å². The Balaban J connectivity index is 1.87. The van der Waals surface area contributed by atoms with Gasteiger partial charge in [-0.25, -0.2) is 4.39 Å². The van der Waals surface area contributed by atoms with Gasteiger partial charge in [-0.05, 0) is 53.6 Å². The largest absolute Gasteiger partial charge is 0.507 e. The topological polar surface area (TPSA) is 79.7 Å². The average molecular weight is 453 g/mol. The summed E-state index contributed by atoms with van der Waals surface area (Å²) in [5.74, 6) is -2.12. The van der Waals surface area contributed by atoms with E-state index < -0.39 is 23.5 Å². The lowest BCUT2D eigenvalue weighted by atomic mass is 9.95. The number of aliphatic hydroxyl groups excluding tert-OH is 1. The molecule has 1 aliphatic rings. The van der Waals surface area contributed by atoms with Gasteiger partial charge in [-0.15, -0.1) is 0 Å². The first kappa shape index (κ1) is 21.5. The molecule has 1 atom stereocenters. The minimum Gasteiger partial charge on any atom is -0.507 e. The molecule has 8 heteroatoms. The number of nitrogens with zero attached hydrogens (tertiary/aromatic N) is 2. The lowest BCUT2D eigenvalue weighted by molar-refractivity contribution is -0.140. The Morgan fingerprint density at radius 1 is 1.12 bits per heavy atom. The number of amides is 1. The Kier molecular flexibility index (Phi) is 5.92. The summed E-state index contributed by atoms with van der Waals surface area (Å²) in [7, 11) is 1.43. The van der Waals surface area contributed by atoms with Gasteiger partial charge in [-0.2, -0.15) is 0 Å². The third kappa shape index (κ3) is 3.94. The zero-order valence-electron chi connectivity index (χ0n) is 17.0. The molecule has 6 nitrogen and oxygen atoms in total. The maximum Gasteiger partial charge on any atom is 0.295 e. The van der Waals surface area contributed by atoms with E-state index in [4.69, 9.17) is 16.3 Å². The predicted molar refractivity (Wildman–Crippen MR) is 116 cm³/mol. The molecule has 0 radical (unpaired) electrons. The number of rotatable bonds is 5. The molecule has 1 aliphatic heterocycles. The number of hydrogen-bond donors (Lipinski definition) is 1. The fraction of sp³-hybridized carbons (Fsp3) is 0.125. The molecule has 2 heterocycles. The van der Waals surface area contributed by atoms with Crippen LogP contribution in [0, 0.1) is 5.82 Å². The van der Waals surface area contributed by atoms with Crippen molar-refractivity contribution in [2.45, 2.75) is 12.6 Å². The molecule has 4 rings (SSSR count). The zero-order chi connectivity index (χ0) is 22.8. The van der Waals surface area contributed by atoms with Gasteiger partial charge in [-0.3, -0.25) is 14.6 Å². The van der Waals surface area contributed by atoms with Crippen molar-refractivity contribution in [1.29, 1.82) is 0 Å². The molecular formula is C24H18ClFN2O4. The molecule has 0 bridgehead atoms. The number of ether oxygens (including phenoxy) is 1. The van der Waals surface area contributed by atoms with Crippen molar-refractivity contribution >= 4 is 29.1 Å². The fourth-order valence-electron chi connectivity index (χ4n) is 3.68. The van der Waals surface area contributed by atoms with E-state index in [-0.39, 0.29) is 23.4 Å². The molecule has 1 amide bonds. The summed E-state index contributed by atoms with van der Waals surface area (Å²) < 4.78 is 18.8. The van der Waals surface area contributed by atoms with Gasteiger partial charge in [-0.1, -0.05) is 23.7 Å². The van der Waals surface area contributed by atoms with Gasteiger partial charge < -0.3 is 14.7 Å². The molecule has 1 N–H and O–H groups in total. The predicted octanol–water partition coefficient (Wildman–Crippen LogP) is 4.50. The van der Waals surface area contributed by atoms with Crippen LogP contribution in [0.2, 0.25) is 5.02 Å². The number of pyridine rings is 1. The SMILES string of the molecule is COc1cc(/C(O)=C2/C(=O)C(=O)N(Cc3ccncc3)C2c2ccc(F)cc2)ccc1Cl. The number of aliphatic hydroxyl groups is 1. The summed E-state index contributed by atoms with van der Waals surface area (Å²) in [6.07, 6.45) is 3.16. The van der Waals surface area contributed by atoms with Gasteiger partial charge in [0.2, 0.25) is 0 Å². The van der Waals surface area contributed by atoms with E-state index in [0.29, 0.717) is 16.3 Å². The first-order valence-electron chi connectivity index (χ1n) is 9.67. The van der Waals surface area contributed by atoms with Crippen molar-refractivity contribution in [3.05, 3.63) is 100 Å². The van der Waals surface area contributed by atoms with Gasteiger partial charge in [0.15, 0.2) is 0 Å². The number of methoxy groups -OCH3 is 1. The van der Waals surface area contributed by atoms with Crippen LogP contribution < -0.4 is 4.74 Å². The summed E-state index contributed by atoms with van der Waals surface area (Å²) >= 11 is 6.07. The maximum absolute atomic E-state index is 13.6. The lowest BCUT2D eigenvalue weighted by Gasteiger charge is -2.25. The van der Waals surface area contributed by atoms with E-state index in [2.05, 4.69) is 4.98 Å². The summed E-state index contributed by atoms with van der Waals surface area (Å²) in [5.41, 5.74) is 1.41. The molecule has 162 valence electrons. The van der Waals surface area contributed by atoms with Crippen molar-refractivity contribution < 1.29 is 23.8 Å². The highest BCUT2D eigenvalue weighted by molar-refractivity contribution is 6.46. The zero-order valence-corrected chi connectivity index (χ0v) is 17.7. The Labute approximate surface area is 188 Å². The van der Waals surface area contributed by atoms with Crippen LogP contribution in [0.3, 0.4) is 0 Å². The fourth-order valence-corrected chi connectivity index (χ4v) is 3.88. The van der Waals surface area contributed by atoms with Gasteiger partial charge in [0.05, 0.1) is 23.7 Å². The number of aromatic nitrogens is 1. The molecule has 1 saturated heterocycles. The van der Waals surface area contributed by atoms with Crippen molar-refractivity contribution in [1.82, 2.24) is 9.88 Å². The molecule has 1 aromatic heterocycles. The van der Waals surface area contributed by atoms with Crippen molar-refractivity contribution in [2.24, 2.45) is 0 Å². The molecule has 1 unspecified atom stereocenters. The van der Waals surface area contributed by atoms with Crippen LogP contribution in [-0.4, -0.2) is 33.8 Å². The molecule has 1 fully saturated rings. The number of ketones is 1. The smallest absolute Gasteiger partial charge is 0.295 e. The van der Waals surface area contributed by atoms with Crippen LogP contribution in [0.4, 0.5) is 4.39 Å². The van der Waals surface area contributed by atoms with E-state index in [9.17, 15) is 19.1 Å². The van der Waals surface area contributed by atoms with Crippen LogP contribution in [0.1, 0.15) is 22.7 Å². The summed E-state index contributed by atoms with van der Waals surface area (Å²) in [6, 6.07) is 12.5. The average Bonchev–Trinajstić information content (AvgIpc) is 3.05. The number of halogens is 2. The maximum atomic E-state index is 13.6. The Bertz CT molecular complexity index is 1210. The molecular weight excluding hydrogens is 435 g/mol.